The minimum atomic E-state index is -0.206. The number of hydrogen-bond acceptors (Lipinski definition) is 5. The van der Waals surface area contributed by atoms with Gasteiger partial charge in [0.05, 0.1) is 31.2 Å². The highest BCUT2D eigenvalue weighted by molar-refractivity contribution is 5.35. The van der Waals surface area contributed by atoms with Crippen LogP contribution in [0.2, 0.25) is 0 Å². The Morgan fingerprint density at radius 3 is 2.86 bits per heavy atom. The Kier molecular flexibility index (Phi) is 5.20. The zero-order chi connectivity index (χ0) is 18.8. The molecule has 3 aliphatic rings. The van der Waals surface area contributed by atoms with Gasteiger partial charge >= 0.3 is 0 Å². The van der Waals surface area contributed by atoms with E-state index < -0.39 is 0 Å². The van der Waals surface area contributed by atoms with Crippen LogP contribution < -0.4 is 5.32 Å². The molecule has 0 aliphatic carbocycles. The third-order valence-corrected chi connectivity index (χ3v) is 6.38. The van der Waals surface area contributed by atoms with E-state index in [9.17, 15) is 0 Å². The van der Waals surface area contributed by atoms with Gasteiger partial charge in [-0.25, -0.2) is 4.68 Å². The number of rotatable bonds is 3. The Bertz CT molecular complexity index is 775. The molecule has 0 saturated carbocycles. The lowest BCUT2D eigenvalue weighted by Gasteiger charge is -2.43. The first-order chi connectivity index (χ1) is 13.8. The lowest BCUT2D eigenvalue weighted by molar-refractivity contribution is -0.102. The van der Waals surface area contributed by atoms with Crippen LogP contribution >= 0.6 is 0 Å². The molecule has 6 nitrogen and oxygen atoms in total. The van der Waals surface area contributed by atoms with Crippen molar-refractivity contribution >= 4 is 0 Å². The largest absolute Gasteiger partial charge is 0.380 e. The van der Waals surface area contributed by atoms with Crippen molar-refractivity contribution in [2.45, 2.75) is 24.9 Å². The van der Waals surface area contributed by atoms with Crippen LogP contribution in [0.15, 0.2) is 36.5 Å². The van der Waals surface area contributed by atoms with Crippen molar-refractivity contribution < 1.29 is 9.47 Å². The molecule has 0 bridgehead atoms. The lowest BCUT2D eigenvalue weighted by atomic mass is 9.83. The number of ether oxygens (including phenoxy) is 2. The molecule has 5 rings (SSSR count). The molecular formula is C22H30N4O2. The van der Waals surface area contributed by atoms with E-state index >= 15 is 0 Å². The highest BCUT2D eigenvalue weighted by Gasteiger charge is 2.43. The summed E-state index contributed by atoms with van der Waals surface area (Å²) in [5.41, 5.74) is 3.43. The summed E-state index contributed by atoms with van der Waals surface area (Å²) in [4.78, 5) is 2.58. The molecule has 28 heavy (non-hydrogen) atoms. The third kappa shape index (κ3) is 3.62. The molecule has 1 unspecified atom stereocenters. The van der Waals surface area contributed by atoms with Gasteiger partial charge in [0.2, 0.25) is 0 Å². The van der Waals surface area contributed by atoms with E-state index in [1.165, 1.54) is 11.3 Å². The molecule has 6 heteroatoms. The van der Waals surface area contributed by atoms with E-state index in [1.54, 1.807) is 0 Å². The van der Waals surface area contributed by atoms with Crippen LogP contribution in [-0.4, -0.2) is 67.2 Å². The molecule has 4 heterocycles. The van der Waals surface area contributed by atoms with Crippen LogP contribution in [0.25, 0.3) is 5.69 Å². The predicted octanol–water partition coefficient (Wildman–Crippen LogP) is 1.97. The van der Waals surface area contributed by atoms with Crippen LogP contribution in [0.3, 0.4) is 0 Å². The minimum Gasteiger partial charge on any atom is -0.380 e. The number of nitrogens with one attached hydrogen (secondary N) is 1. The molecule has 1 N–H and O–H groups in total. The van der Waals surface area contributed by atoms with Gasteiger partial charge in [0.15, 0.2) is 0 Å². The summed E-state index contributed by atoms with van der Waals surface area (Å²) in [6.07, 6.45) is 5.20. The van der Waals surface area contributed by atoms with E-state index in [0.29, 0.717) is 5.92 Å². The Hall–Kier alpha value is -1.73. The average molecular weight is 383 g/mol. The molecule has 150 valence electrons. The molecule has 0 radical (unpaired) electrons. The predicted molar refractivity (Wildman–Crippen MR) is 108 cm³/mol. The number of piperidine rings is 1. The summed E-state index contributed by atoms with van der Waals surface area (Å²) in [5.74, 6) is 0.580. The average Bonchev–Trinajstić information content (AvgIpc) is 3.03. The summed E-state index contributed by atoms with van der Waals surface area (Å²) >= 11 is 0. The molecule has 0 amide bonds. The molecule has 2 fully saturated rings. The Morgan fingerprint density at radius 2 is 2.00 bits per heavy atom. The van der Waals surface area contributed by atoms with Crippen LogP contribution in [0.4, 0.5) is 0 Å². The van der Waals surface area contributed by atoms with E-state index in [-0.39, 0.29) is 5.60 Å². The van der Waals surface area contributed by atoms with Gasteiger partial charge in [-0.1, -0.05) is 18.2 Å². The van der Waals surface area contributed by atoms with Crippen LogP contribution in [-0.2, 0) is 21.5 Å². The highest BCUT2D eigenvalue weighted by Crippen LogP contribution is 2.41. The first-order valence-corrected chi connectivity index (χ1v) is 10.6. The van der Waals surface area contributed by atoms with E-state index in [4.69, 9.17) is 14.6 Å². The minimum absolute atomic E-state index is 0.206. The number of fused-ring (bicyclic) bond motifs is 2. The summed E-state index contributed by atoms with van der Waals surface area (Å²) < 4.78 is 14.2. The maximum Gasteiger partial charge on any atom is 0.115 e. The number of para-hydroxylation sites is 1. The van der Waals surface area contributed by atoms with E-state index in [2.05, 4.69) is 40.7 Å². The lowest BCUT2D eigenvalue weighted by Crippen LogP contribution is -2.48. The normalized spacial score (nSPS) is 25.4. The van der Waals surface area contributed by atoms with Crippen molar-refractivity contribution in [1.29, 1.82) is 0 Å². The van der Waals surface area contributed by atoms with Crippen molar-refractivity contribution in [3.8, 4) is 5.69 Å². The second kappa shape index (κ2) is 7.95. The Labute approximate surface area is 166 Å². The smallest absolute Gasteiger partial charge is 0.115 e. The Balaban J connectivity index is 1.29. The molecule has 1 aromatic heterocycles. The van der Waals surface area contributed by atoms with Gasteiger partial charge in [-0.15, -0.1) is 0 Å². The SMILES string of the molecule is c1ccc(-n2cc3c(n2)C2(CCN(CC4CNCCOC4)CC2)OCC3)cc1. The number of likely N-dealkylation sites (tertiary alicyclic amines) is 1. The highest BCUT2D eigenvalue weighted by atomic mass is 16.5. The molecule has 1 spiro atoms. The summed E-state index contributed by atoms with van der Waals surface area (Å²) in [7, 11) is 0. The second-order valence-corrected chi connectivity index (χ2v) is 8.32. The molecule has 1 atom stereocenters. The standard InChI is InChI=1S/C22H30N4O2/c1-2-4-20(5-3-1)26-16-19-6-12-28-22(21(19)24-26)7-10-25(11-8-22)15-18-14-23-9-13-27-17-18/h1-5,16,18,23H,6-15,17H2. The first kappa shape index (κ1) is 18.3. The van der Waals surface area contributed by atoms with Gasteiger partial charge in [0, 0.05) is 44.8 Å². The number of nitrogens with zero attached hydrogens (tertiary/aromatic N) is 3. The summed E-state index contributed by atoms with van der Waals surface area (Å²) in [6.45, 7) is 7.77. The second-order valence-electron chi connectivity index (χ2n) is 8.32. The van der Waals surface area contributed by atoms with Crippen LogP contribution in [0.5, 0.6) is 0 Å². The van der Waals surface area contributed by atoms with Gasteiger partial charge in [-0.2, -0.15) is 5.10 Å². The van der Waals surface area contributed by atoms with Gasteiger partial charge in [-0.05, 0) is 37.0 Å². The number of benzene rings is 1. The molecule has 2 aromatic rings. The van der Waals surface area contributed by atoms with Gasteiger partial charge in [-0.3, -0.25) is 0 Å². The monoisotopic (exact) mass is 382 g/mol. The fourth-order valence-corrected chi connectivity index (χ4v) is 4.83. The van der Waals surface area contributed by atoms with Gasteiger partial charge < -0.3 is 19.7 Å². The van der Waals surface area contributed by atoms with Crippen molar-refractivity contribution in [2.75, 3.05) is 52.5 Å². The van der Waals surface area contributed by atoms with Gasteiger partial charge in [0.1, 0.15) is 5.60 Å². The van der Waals surface area contributed by atoms with Crippen molar-refractivity contribution in [3.63, 3.8) is 0 Å². The summed E-state index contributed by atoms with van der Waals surface area (Å²) in [5, 5.41) is 8.48. The number of hydrogen-bond donors (Lipinski definition) is 1. The fraction of sp³-hybridized carbons (Fsp3) is 0.591. The zero-order valence-corrected chi connectivity index (χ0v) is 16.5. The number of aromatic nitrogens is 2. The maximum absolute atomic E-state index is 6.40. The third-order valence-electron chi connectivity index (χ3n) is 6.38. The quantitative estimate of drug-likeness (QED) is 0.880. The van der Waals surface area contributed by atoms with E-state index in [0.717, 1.165) is 77.5 Å². The van der Waals surface area contributed by atoms with Crippen LogP contribution in [0.1, 0.15) is 24.1 Å². The first-order valence-electron chi connectivity index (χ1n) is 10.6. The van der Waals surface area contributed by atoms with Crippen molar-refractivity contribution in [1.82, 2.24) is 20.0 Å². The van der Waals surface area contributed by atoms with Crippen molar-refractivity contribution in [2.24, 2.45) is 5.92 Å². The molecule has 2 saturated heterocycles. The maximum atomic E-state index is 6.40. The van der Waals surface area contributed by atoms with E-state index in [1.807, 2.05) is 10.7 Å². The Morgan fingerprint density at radius 1 is 1.14 bits per heavy atom. The summed E-state index contributed by atoms with van der Waals surface area (Å²) in [6, 6.07) is 10.4. The molecule has 1 aromatic carbocycles. The topological polar surface area (TPSA) is 51.6 Å². The van der Waals surface area contributed by atoms with Crippen LogP contribution in [0, 0.1) is 5.92 Å². The van der Waals surface area contributed by atoms with Gasteiger partial charge in [0.25, 0.3) is 0 Å². The molecular weight excluding hydrogens is 352 g/mol. The zero-order valence-electron chi connectivity index (χ0n) is 16.5. The molecule has 3 aliphatic heterocycles. The fourth-order valence-electron chi connectivity index (χ4n) is 4.83. The van der Waals surface area contributed by atoms with Crippen molar-refractivity contribution in [3.05, 3.63) is 47.8 Å².